The van der Waals surface area contributed by atoms with E-state index >= 15 is 0 Å². The molecule has 0 aliphatic carbocycles. The molecule has 3 aliphatic rings. The molecule has 3 heterocycles. The number of hydrogen-bond acceptors (Lipinski definition) is 4. The van der Waals surface area contributed by atoms with Crippen molar-refractivity contribution in [3.8, 4) is 0 Å². The Kier molecular flexibility index (Phi) is 3.89. The maximum absolute atomic E-state index is 6.23. The molecule has 0 aromatic rings. The molecule has 0 aromatic carbocycles. The first-order valence-corrected chi connectivity index (χ1v) is 7.55. The molecule has 3 saturated heterocycles. The van der Waals surface area contributed by atoms with Crippen LogP contribution in [0.15, 0.2) is 0 Å². The summed E-state index contributed by atoms with van der Waals surface area (Å²) in [6, 6.07) is 1.82. The van der Waals surface area contributed by atoms with Gasteiger partial charge in [0.2, 0.25) is 0 Å². The van der Waals surface area contributed by atoms with E-state index in [1.54, 1.807) is 0 Å². The summed E-state index contributed by atoms with van der Waals surface area (Å²) < 4.78 is 5.60. The molecule has 0 radical (unpaired) electrons. The van der Waals surface area contributed by atoms with Gasteiger partial charge in [0, 0.05) is 50.3 Å². The molecule has 4 nitrogen and oxygen atoms in total. The molecule has 0 aromatic heterocycles. The van der Waals surface area contributed by atoms with Crippen molar-refractivity contribution in [2.24, 2.45) is 11.7 Å². The Morgan fingerprint density at radius 2 is 2.17 bits per heavy atom. The summed E-state index contributed by atoms with van der Waals surface area (Å²) in [5, 5.41) is 0. The van der Waals surface area contributed by atoms with Crippen LogP contribution < -0.4 is 5.73 Å². The van der Waals surface area contributed by atoms with Crippen LogP contribution in [0.3, 0.4) is 0 Å². The van der Waals surface area contributed by atoms with Crippen LogP contribution in [0.5, 0.6) is 0 Å². The van der Waals surface area contributed by atoms with Gasteiger partial charge in [-0.05, 0) is 32.7 Å². The van der Waals surface area contributed by atoms with Gasteiger partial charge in [0.05, 0.1) is 6.61 Å². The van der Waals surface area contributed by atoms with Gasteiger partial charge in [-0.3, -0.25) is 9.80 Å². The molecule has 0 amide bonds. The Morgan fingerprint density at radius 1 is 1.28 bits per heavy atom. The van der Waals surface area contributed by atoms with E-state index in [1.165, 1.54) is 32.5 Å². The molecule has 3 rings (SSSR count). The minimum absolute atomic E-state index is 0.340. The van der Waals surface area contributed by atoms with Gasteiger partial charge in [-0.25, -0.2) is 0 Å². The number of nitrogens with zero attached hydrogens (tertiary/aromatic N) is 2. The van der Waals surface area contributed by atoms with Crippen molar-refractivity contribution in [1.29, 1.82) is 0 Å². The molecule has 4 unspecified atom stereocenters. The SMILES string of the molecule is CC1CN2CCCC2CN1CC1COCCC1N. The number of ether oxygens (including phenoxy) is 1. The quantitative estimate of drug-likeness (QED) is 0.779. The van der Waals surface area contributed by atoms with E-state index in [9.17, 15) is 0 Å². The molecule has 2 N–H and O–H groups in total. The molecular weight excluding hydrogens is 226 g/mol. The average Bonchev–Trinajstić information content (AvgIpc) is 2.79. The van der Waals surface area contributed by atoms with E-state index in [2.05, 4.69) is 16.7 Å². The third-order valence-electron chi connectivity index (χ3n) is 5.07. The van der Waals surface area contributed by atoms with E-state index < -0.39 is 0 Å². The Bertz CT molecular complexity index is 286. The zero-order chi connectivity index (χ0) is 12.5. The van der Waals surface area contributed by atoms with E-state index in [-0.39, 0.29) is 0 Å². The molecule has 3 fully saturated rings. The van der Waals surface area contributed by atoms with Gasteiger partial charge in [-0.2, -0.15) is 0 Å². The topological polar surface area (TPSA) is 41.7 Å². The molecule has 104 valence electrons. The highest BCUT2D eigenvalue weighted by Crippen LogP contribution is 2.26. The average molecular weight is 253 g/mol. The van der Waals surface area contributed by atoms with Crippen LogP contribution >= 0.6 is 0 Å². The second-order valence-electron chi connectivity index (χ2n) is 6.38. The van der Waals surface area contributed by atoms with Gasteiger partial charge < -0.3 is 10.5 Å². The standard InChI is InChI=1S/C14H27N3O/c1-11-7-16-5-2-3-13(16)9-17(11)8-12-10-18-6-4-14(12)15/h11-14H,2-10,15H2,1H3. The van der Waals surface area contributed by atoms with Gasteiger partial charge in [0.15, 0.2) is 0 Å². The van der Waals surface area contributed by atoms with Gasteiger partial charge >= 0.3 is 0 Å². The number of hydrogen-bond donors (Lipinski definition) is 1. The van der Waals surface area contributed by atoms with E-state index in [0.29, 0.717) is 18.0 Å². The first kappa shape index (κ1) is 12.9. The lowest BCUT2D eigenvalue weighted by Crippen LogP contribution is -2.57. The fraction of sp³-hybridized carbons (Fsp3) is 1.00. The molecule has 3 aliphatic heterocycles. The summed E-state index contributed by atoms with van der Waals surface area (Å²) in [7, 11) is 0. The van der Waals surface area contributed by atoms with E-state index in [0.717, 1.165) is 32.2 Å². The Hall–Kier alpha value is -0.160. The molecule has 0 spiro atoms. The number of fused-ring (bicyclic) bond motifs is 1. The fourth-order valence-electron chi connectivity index (χ4n) is 3.80. The lowest BCUT2D eigenvalue weighted by Gasteiger charge is -2.44. The van der Waals surface area contributed by atoms with Crippen LogP contribution in [-0.4, -0.2) is 67.3 Å². The minimum Gasteiger partial charge on any atom is -0.381 e. The molecular formula is C14H27N3O. The van der Waals surface area contributed by atoms with E-state index in [1.807, 2.05) is 0 Å². The number of piperazine rings is 1. The van der Waals surface area contributed by atoms with Crippen molar-refractivity contribution in [3.63, 3.8) is 0 Å². The highest BCUT2D eigenvalue weighted by Gasteiger charge is 2.36. The van der Waals surface area contributed by atoms with Crippen LogP contribution in [0.1, 0.15) is 26.2 Å². The van der Waals surface area contributed by atoms with Gasteiger partial charge in [0.25, 0.3) is 0 Å². The lowest BCUT2D eigenvalue weighted by atomic mass is 9.94. The maximum atomic E-state index is 6.23. The first-order valence-electron chi connectivity index (χ1n) is 7.55. The number of nitrogens with two attached hydrogens (primary N) is 1. The first-order chi connectivity index (χ1) is 8.74. The van der Waals surface area contributed by atoms with Crippen molar-refractivity contribution >= 4 is 0 Å². The number of rotatable bonds is 2. The zero-order valence-electron chi connectivity index (χ0n) is 11.6. The normalized spacial score (nSPS) is 43.0. The van der Waals surface area contributed by atoms with Crippen molar-refractivity contribution in [2.45, 2.75) is 44.3 Å². The van der Waals surface area contributed by atoms with Crippen molar-refractivity contribution in [1.82, 2.24) is 9.80 Å². The van der Waals surface area contributed by atoms with Crippen LogP contribution in [0.25, 0.3) is 0 Å². The Morgan fingerprint density at radius 3 is 3.00 bits per heavy atom. The smallest absolute Gasteiger partial charge is 0.0521 e. The molecule has 4 atom stereocenters. The lowest BCUT2D eigenvalue weighted by molar-refractivity contribution is -0.00326. The fourth-order valence-corrected chi connectivity index (χ4v) is 3.80. The Labute approximate surface area is 110 Å². The van der Waals surface area contributed by atoms with Crippen molar-refractivity contribution in [2.75, 3.05) is 39.4 Å². The summed E-state index contributed by atoms with van der Waals surface area (Å²) in [4.78, 5) is 5.34. The van der Waals surface area contributed by atoms with Gasteiger partial charge in [0.1, 0.15) is 0 Å². The zero-order valence-corrected chi connectivity index (χ0v) is 11.6. The highest BCUT2D eigenvalue weighted by atomic mass is 16.5. The van der Waals surface area contributed by atoms with E-state index in [4.69, 9.17) is 10.5 Å². The maximum Gasteiger partial charge on any atom is 0.0521 e. The molecule has 4 heteroatoms. The third-order valence-corrected chi connectivity index (χ3v) is 5.07. The third kappa shape index (κ3) is 2.57. The van der Waals surface area contributed by atoms with Crippen molar-refractivity contribution < 1.29 is 4.74 Å². The summed E-state index contributed by atoms with van der Waals surface area (Å²) >= 11 is 0. The molecule has 0 bridgehead atoms. The second kappa shape index (κ2) is 5.45. The predicted octanol–water partition coefficient (Wildman–Crippen LogP) is 0.519. The summed E-state index contributed by atoms with van der Waals surface area (Å²) in [6.45, 7) is 9.01. The molecule has 18 heavy (non-hydrogen) atoms. The largest absolute Gasteiger partial charge is 0.381 e. The van der Waals surface area contributed by atoms with Gasteiger partial charge in [-0.15, -0.1) is 0 Å². The predicted molar refractivity (Wildman–Crippen MR) is 72.5 cm³/mol. The summed E-state index contributed by atoms with van der Waals surface area (Å²) in [5.41, 5.74) is 6.23. The monoisotopic (exact) mass is 253 g/mol. The van der Waals surface area contributed by atoms with Gasteiger partial charge in [-0.1, -0.05) is 0 Å². The van der Waals surface area contributed by atoms with Crippen LogP contribution in [-0.2, 0) is 4.74 Å². The van der Waals surface area contributed by atoms with Crippen LogP contribution in [0.2, 0.25) is 0 Å². The van der Waals surface area contributed by atoms with Crippen molar-refractivity contribution in [3.05, 3.63) is 0 Å². The second-order valence-corrected chi connectivity index (χ2v) is 6.38. The molecule has 0 saturated carbocycles. The highest BCUT2D eigenvalue weighted by molar-refractivity contribution is 4.92. The summed E-state index contributed by atoms with van der Waals surface area (Å²) in [5.74, 6) is 0.536. The summed E-state index contributed by atoms with van der Waals surface area (Å²) in [6.07, 6.45) is 3.80. The van der Waals surface area contributed by atoms with Crippen LogP contribution in [0, 0.1) is 5.92 Å². The minimum atomic E-state index is 0.340. The van der Waals surface area contributed by atoms with Crippen LogP contribution in [0.4, 0.5) is 0 Å². The Balaban J connectivity index is 1.58.